The molecule has 12 heteroatoms. The summed E-state index contributed by atoms with van der Waals surface area (Å²) in [6, 6.07) is 15.8. The Hall–Kier alpha value is -4.87. The minimum absolute atomic E-state index is 0.0282. The van der Waals surface area contributed by atoms with Gasteiger partial charge in [-0.1, -0.05) is 76.2 Å². The number of hydrogen-bond donors (Lipinski definition) is 1. The van der Waals surface area contributed by atoms with Crippen LogP contribution < -0.4 is 11.2 Å². The second-order valence-corrected chi connectivity index (χ2v) is 10.6. The number of hydrogen-bond acceptors (Lipinski definition) is 8. The summed E-state index contributed by atoms with van der Waals surface area (Å²) in [6.45, 7) is 8.17. The molecule has 12 nitrogen and oxygen atoms in total. The van der Waals surface area contributed by atoms with Gasteiger partial charge in [0.05, 0.1) is 7.11 Å². The van der Waals surface area contributed by atoms with Gasteiger partial charge in [-0.25, -0.2) is 14.3 Å². The van der Waals surface area contributed by atoms with Gasteiger partial charge >= 0.3 is 11.7 Å². The van der Waals surface area contributed by atoms with Crippen LogP contribution in [0, 0.1) is 5.92 Å². The van der Waals surface area contributed by atoms with Gasteiger partial charge in [0.15, 0.2) is 11.2 Å². The van der Waals surface area contributed by atoms with Crippen LogP contribution in [-0.4, -0.2) is 52.4 Å². The molecule has 0 amide bonds. The van der Waals surface area contributed by atoms with E-state index in [1.165, 1.54) is 11.7 Å². The molecule has 3 heterocycles. The number of aromatic nitrogens is 8. The van der Waals surface area contributed by atoms with E-state index in [0.29, 0.717) is 30.4 Å². The summed E-state index contributed by atoms with van der Waals surface area (Å²) in [5.41, 5.74) is 3.18. The quantitative estimate of drug-likeness (QED) is 0.273. The molecule has 0 spiro atoms. The second kappa shape index (κ2) is 11.3. The smallest absolute Gasteiger partial charge is 0.333 e. The Morgan fingerprint density at radius 1 is 0.951 bits per heavy atom. The normalized spacial score (nSPS) is 11.6. The minimum Gasteiger partial charge on any atom is -0.468 e. The van der Waals surface area contributed by atoms with Crippen molar-refractivity contribution in [3.63, 3.8) is 0 Å². The highest BCUT2D eigenvalue weighted by molar-refractivity contribution is 5.80. The van der Waals surface area contributed by atoms with Gasteiger partial charge in [-0.05, 0) is 27.8 Å². The molecule has 3 aromatic heterocycles. The third-order valence-electron chi connectivity index (χ3n) is 6.84. The largest absolute Gasteiger partial charge is 0.468 e. The number of tetrazole rings is 1. The highest BCUT2D eigenvalue weighted by atomic mass is 16.5. The number of aromatic amines is 1. The van der Waals surface area contributed by atoms with E-state index in [1.54, 1.807) is 0 Å². The van der Waals surface area contributed by atoms with Crippen LogP contribution in [0.15, 0.2) is 58.1 Å². The molecule has 0 bridgehead atoms. The first-order valence-corrected chi connectivity index (χ1v) is 13.4. The van der Waals surface area contributed by atoms with Gasteiger partial charge in [-0.3, -0.25) is 14.2 Å². The molecule has 0 radical (unpaired) electrons. The summed E-state index contributed by atoms with van der Waals surface area (Å²) in [5, 5.41) is 14.4. The van der Waals surface area contributed by atoms with Crippen LogP contribution in [0.1, 0.15) is 45.0 Å². The Bertz CT molecular complexity index is 1810. The van der Waals surface area contributed by atoms with Gasteiger partial charge in [0.25, 0.3) is 5.56 Å². The number of nitrogens with one attached hydrogen (secondary N) is 1. The lowest BCUT2D eigenvalue weighted by molar-refractivity contribution is -0.141. The molecule has 0 aliphatic heterocycles. The lowest BCUT2D eigenvalue weighted by atomic mass is 9.98. The average molecular weight is 557 g/mol. The van der Waals surface area contributed by atoms with E-state index >= 15 is 0 Å². The Balaban J connectivity index is 1.62. The second-order valence-electron chi connectivity index (χ2n) is 10.6. The molecule has 5 rings (SSSR count). The molecule has 0 saturated heterocycles. The summed E-state index contributed by atoms with van der Waals surface area (Å²) in [5.74, 6) is 0.588. The lowest BCUT2D eigenvalue weighted by Crippen LogP contribution is -2.43. The van der Waals surface area contributed by atoms with Crippen LogP contribution in [0.5, 0.6) is 0 Å². The molecule has 0 aliphatic carbocycles. The summed E-state index contributed by atoms with van der Waals surface area (Å²) in [6.07, 6.45) is 0. The first-order chi connectivity index (χ1) is 19.7. The number of imidazole rings is 1. The van der Waals surface area contributed by atoms with E-state index < -0.39 is 23.8 Å². The molecule has 0 fully saturated rings. The molecule has 0 aliphatic rings. The van der Waals surface area contributed by atoms with Crippen molar-refractivity contribution in [1.29, 1.82) is 0 Å². The SMILES string of the molecule is COC(=O)Cn1c(=O)c2c(nc(C(C)C)n2Cc2ccc(-c3ccccc3-c3nn[nH]n3)cc2)n(CC(C)C)c1=O. The fourth-order valence-electron chi connectivity index (χ4n) is 4.95. The van der Waals surface area contributed by atoms with Crippen molar-refractivity contribution in [3.05, 3.63) is 80.8 Å². The summed E-state index contributed by atoms with van der Waals surface area (Å²) in [7, 11) is 1.23. The van der Waals surface area contributed by atoms with Gasteiger partial charge < -0.3 is 9.30 Å². The van der Waals surface area contributed by atoms with Crippen LogP contribution in [0.25, 0.3) is 33.7 Å². The van der Waals surface area contributed by atoms with Crippen molar-refractivity contribution in [2.75, 3.05) is 7.11 Å². The number of rotatable bonds is 9. The number of benzene rings is 2. The number of methoxy groups -OCH3 is 1. The van der Waals surface area contributed by atoms with Crippen LogP contribution in [0.2, 0.25) is 0 Å². The molecule has 1 N–H and O–H groups in total. The molecule has 2 aromatic carbocycles. The zero-order valence-electron chi connectivity index (χ0n) is 23.7. The summed E-state index contributed by atoms with van der Waals surface area (Å²) in [4.78, 5) is 44.0. The van der Waals surface area contributed by atoms with E-state index in [0.717, 1.165) is 26.8 Å². The topological polar surface area (TPSA) is 143 Å². The first-order valence-electron chi connectivity index (χ1n) is 13.4. The maximum atomic E-state index is 13.7. The zero-order valence-corrected chi connectivity index (χ0v) is 23.7. The highest BCUT2D eigenvalue weighted by Gasteiger charge is 2.24. The predicted molar refractivity (Wildman–Crippen MR) is 153 cm³/mol. The van der Waals surface area contributed by atoms with Crippen molar-refractivity contribution < 1.29 is 9.53 Å². The van der Waals surface area contributed by atoms with Gasteiger partial charge in [0.1, 0.15) is 12.4 Å². The number of carbonyl (C=O) groups excluding carboxylic acids is 1. The number of esters is 1. The summed E-state index contributed by atoms with van der Waals surface area (Å²) >= 11 is 0. The van der Waals surface area contributed by atoms with E-state index in [1.807, 2.05) is 80.8 Å². The maximum Gasteiger partial charge on any atom is 0.333 e. The van der Waals surface area contributed by atoms with Gasteiger partial charge in [0.2, 0.25) is 5.82 Å². The number of carbonyl (C=O) groups is 1. The third kappa shape index (κ3) is 5.32. The van der Waals surface area contributed by atoms with Crippen LogP contribution >= 0.6 is 0 Å². The number of H-pyrrole nitrogens is 1. The van der Waals surface area contributed by atoms with Crippen molar-refractivity contribution >= 4 is 17.1 Å². The van der Waals surface area contributed by atoms with Crippen LogP contribution in [0.4, 0.5) is 0 Å². The molecule has 0 unspecified atom stereocenters. The van der Waals surface area contributed by atoms with Crippen molar-refractivity contribution in [2.24, 2.45) is 5.92 Å². The van der Waals surface area contributed by atoms with E-state index in [-0.39, 0.29) is 17.4 Å². The zero-order chi connectivity index (χ0) is 29.3. The van der Waals surface area contributed by atoms with Crippen molar-refractivity contribution in [3.8, 4) is 22.5 Å². The Morgan fingerprint density at radius 3 is 2.27 bits per heavy atom. The fraction of sp³-hybridized carbons (Fsp3) is 0.345. The van der Waals surface area contributed by atoms with Crippen LogP contribution in [-0.2, 0) is 29.2 Å². The molecular formula is C29H32N8O4. The monoisotopic (exact) mass is 556 g/mol. The number of fused-ring (bicyclic) bond motifs is 1. The molecule has 0 saturated carbocycles. The molecule has 41 heavy (non-hydrogen) atoms. The number of ether oxygens (including phenoxy) is 1. The van der Waals surface area contributed by atoms with Gasteiger partial charge in [-0.15, -0.1) is 10.2 Å². The van der Waals surface area contributed by atoms with Crippen molar-refractivity contribution in [1.82, 2.24) is 39.3 Å². The Labute approximate surface area is 235 Å². The molecule has 0 atom stereocenters. The fourth-order valence-corrected chi connectivity index (χ4v) is 4.95. The van der Waals surface area contributed by atoms with Crippen LogP contribution in [0.3, 0.4) is 0 Å². The summed E-state index contributed by atoms with van der Waals surface area (Å²) < 4.78 is 9.05. The predicted octanol–water partition coefficient (Wildman–Crippen LogP) is 3.21. The first kappa shape index (κ1) is 27.7. The number of nitrogens with zero attached hydrogens (tertiary/aromatic N) is 7. The van der Waals surface area contributed by atoms with Gasteiger partial charge in [-0.2, -0.15) is 5.21 Å². The van der Waals surface area contributed by atoms with E-state index in [2.05, 4.69) is 20.6 Å². The molecule has 212 valence electrons. The molecule has 5 aromatic rings. The maximum absolute atomic E-state index is 13.7. The Morgan fingerprint density at radius 2 is 1.66 bits per heavy atom. The average Bonchev–Trinajstić information content (AvgIpc) is 3.63. The van der Waals surface area contributed by atoms with Crippen molar-refractivity contribution in [2.45, 2.75) is 53.2 Å². The van der Waals surface area contributed by atoms with E-state index in [9.17, 15) is 14.4 Å². The standard InChI is InChI=1S/C29H32N8O4/c1-17(2)14-36-27-24(28(39)37(29(36)40)16-23(38)41-5)35(26(30-27)18(3)4)15-19-10-12-20(13-11-19)21-8-6-7-9-22(21)25-31-33-34-32-25/h6-13,17-18H,14-16H2,1-5H3,(H,31,32,33,34). The Kier molecular flexibility index (Phi) is 7.64. The molecular weight excluding hydrogens is 524 g/mol. The van der Waals surface area contributed by atoms with Gasteiger partial charge in [0, 0.05) is 24.6 Å². The minimum atomic E-state index is -0.675. The lowest BCUT2D eigenvalue weighted by Gasteiger charge is -2.14. The third-order valence-corrected chi connectivity index (χ3v) is 6.84. The van der Waals surface area contributed by atoms with E-state index in [4.69, 9.17) is 9.72 Å². The highest BCUT2D eigenvalue weighted by Crippen LogP contribution is 2.30.